The van der Waals surface area contributed by atoms with Crippen LogP contribution in [0.25, 0.3) is 0 Å². The molecular weight excluding hydrogens is 226 g/mol. The molecule has 0 saturated heterocycles. The van der Waals surface area contributed by atoms with Crippen LogP contribution in [0, 0.1) is 26.7 Å². The molecule has 1 aromatic carbocycles. The molecular formula is C15H25NS. The number of aryl methyl sites for hydroxylation is 3. The number of rotatable bonds is 5. The summed E-state index contributed by atoms with van der Waals surface area (Å²) < 4.78 is 0. The summed E-state index contributed by atoms with van der Waals surface area (Å²) in [6, 6.07) is 4.67. The normalized spacial score (nSPS) is 13.1. The van der Waals surface area contributed by atoms with Crippen LogP contribution in [0.2, 0.25) is 0 Å². The monoisotopic (exact) mass is 251 g/mol. The number of thioether (sulfide) groups is 1. The summed E-state index contributed by atoms with van der Waals surface area (Å²) in [5.41, 5.74) is 11.6. The average Bonchev–Trinajstić information content (AvgIpc) is 2.22. The lowest BCUT2D eigenvalue weighted by Gasteiger charge is -2.17. The standard InChI is InChI=1S/C15H25NS/c1-10(2)8-17-9-15(16)14-7-12(4)11(3)6-13(14)5/h6-7,10,15H,8-9,16H2,1-5H3. The minimum absolute atomic E-state index is 0.165. The first kappa shape index (κ1) is 14.6. The zero-order valence-electron chi connectivity index (χ0n) is 11.7. The summed E-state index contributed by atoms with van der Waals surface area (Å²) in [6.07, 6.45) is 0. The van der Waals surface area contributed by atoms with Crippen LogP contribution in [0.15, 0.2) is 12.1 Å². The second-order valence-electron chi connectivity index (χ2n) is 5.33. The molecule has 0 spiro atoms. The van der Waals surface area contributed by atoms with Gasteiger partial charge in [-0.3, -0.25) is 0 Å². The van der Waals surface area contributed by atoms with E-state index < -0.39 is 0 Å². The molecule has 1 unspecified atom stereocenters. The smallest absolute Gasteiger partial charge is 0.0389 e. The van der Waals surface area contributed by atoms with E-state index in [1.165, 1.54) is 28.0 Å². The quantitative estimate of drug-likeness (QED) is 0.856. The molecule has 0 bridgehead atoms. The molecule has 0 aromatic heterocycles. The van der Waals surface area contributed by atoms with E-state index in [4.69, 9.17) is 5.73 Å². The molecule has 1 aromatic rings. The van der Waals surface area contributed by atoms with Gasteiger partial charge in [-0.05, 0) is 54.7 Å². The van der Waals surface area contributed by atoms with Crippen molar-refractivity contribution in [2.24, 2.45) is 11.7 Å². The summed E-state index contributed by atoms with van der Waals surface area (Å²) >= 11 is 1.96. The van der Waals surface area contributed by atoms with Gasteiger partial charge in [0.2, 0.25) is 0 Å². The second-order valence-corrected chi connectivity index (χ2v) is 6.41. The average molecular weight is 251 g/mol. The van der Waals surface area contributed by atoms with E-state index in [1.807, 2.05) is 11.8 Å². The Bertz CT molecular complexity index is 371. The van der Waals surface area contributed by atoms with Crippen LogP contribution in [0.3, 0.4) is 0 Å². The minimum Gasteiger partial charge on any atom is -0.323 e. The van der Waals surface area contributed by atoms with Crippen molar-refractivity contribution >= 4 is 11.8 Å². The Hall–Kier alpha value is -0.470. The van der Waals surface area contributed by atoms with Crippen molar-refractivity contribution in [3.63, 3.8) is 0 Å². The van der Waals surface area contributed by atoms with Gasteiger partial charge in [0.15, 0.2) is 0 Å². The lowest BCUT2D eigenvalue weighted by molar-refractivity contribution is 0.745. The Balaban J connectivity index is 2.68. The van der Waals surface area contributed by atoms with Gasteiger partial charge in [-0.25, -0.2) is 0 Å². The van der Waals surface area contributed by atoms with E-state index in [2.05, 4.69) is 46.8 Å². The van der Waals surface area contributed by atoms with Crippen molar-refractivity contribution in [3.05, 3.63) is 34.4 Å². The highest BCUT2D eigenvalue weighted by Gasteiger charge is 2.10. The van der Waals surface area contributed by atoms with Crippen molar-refractivity contribution < 1.29 is 0 Å². The van der Waals surface area contributed by atoms with Crippen LogP contribution in [0.5, 0.6) is 0 Å². The third-order valence-electron chi connectivity index (χ3n) is 3.03. The fraction of sp³-hybridized carbons (Fsp3) is 0.600. The van der Waals surface area contributed by atoms with Crippen molar-refractivity contribution in [2.45, 2.75) is 40.7 Å². The van der Waals surface area contributed by atoms with Crippen molar-refractivity contribution in [3.8, 4) is 0 Å². The second kappa shape index (κ2) is 6.46. The fourth-order valence-electron chi connectivity index (χ4n) is 1.90. The Labute approximate surface area is 110 Å². The highest BCUT2D eigenvalue weighted by molar-refractivity contribution is 7.99. The third kappa shape index (κ3) is 4.36. The van der Waals surface area contributed by atoms with Crippen LogP contribution >= 0.6 is 11.8 Å². The van der Waals surface area contributed by atoms with E-state index in [1.54, 1.807) is 0 Å². The Morgan fingerprint density at radius 3 is 2.18 bits per heavy atom. The largest absolute Gasteiger partial charge is 0.323 e. The first-order valence-electron chi connectivity index (χ1n) is 6.33. The molecule has 2 heteroatoms. The lowest BCUT2D eigenvalue weighted by atomic mass is 9.97. The third-order valence-corrected chi connectivity index (χ3v) is 4.53. The van der Waals surface area contributed by atoms with Gasteiger partial charge >= 0.3 is 0 Å². The van der Waals surface area contributed by atoms with Crippen molar-refractivity contribution in [1.82, 2.24) is 0 Å². The molecule has 1 atom stereocenters. The van der Waals surface area contributed by atoms with Crippen LogP contribution in [-0.2, 0) is 0 Å². The van der Waals surface area contributed by atoms with Crippen LogP contribution in [-0.4, -0.2) is 11.5 Å². The van der Waals surface area contributed by atoms with Gasteiger partial charge in [-0.2, -0.15) is 11.8 Å². The van der Waals surface area contributed by atoms with Crippen LogP contribution in [0.1, 0.15) is 42.1 Å². The minimum atomic E-state index is 0.165. The van der Waals surface area contributed by atoms with Gasteiger partial charge < -0.3 is 5.73 Å². The molecule has 1 rings (SSSR count). The topological polar surface area (TPSA) is 26.0 Å². The number of hydrogen-bond donors (Lipinski definition) is 1. The molecule has 0 fully saturated rings. The number of hydrogen-bond acceptors (Lipinski definition) is 2. The van der Waals surface area contributed by atoms with Crippen LogP contribution < -0.4 is 5.73 Å². The molecule has 96 valence electrons. The van der Waals surface area contributed by atoms with Crippen LogP contribution in [0.4, 0.5) is 0 Å². The maximum atomic E-state index is 6.28. The van der Waals surface area contributed by atoms with Crippen molar-refractivity contribution in [1.29, 1.82) is 0 Å². The summed E-state index contributed by atoms with van der Waals surface area (Å²) in [5.74, 6) is 2.95. The van der Waals surface area contributed by atoms with E-state index in [9.17, 15) is 0 Å². The molecule has 0 aliphatic heterocycles. The molecule has 0 saturated carbocycles. The van der Waals surface area contributed by atoms with E-state index in [-0.39, 0.29) is 6.04 Å². The fourth-order valence-corrected chi connectivity index (χ4v) is 2.94. The summed E-state index contributed by atoms with van der Waals surface area (Å²) in [7, 11) is 0. The Morgan fingerprint density at radius 2 is 1.59 bits per heavy atom. The number of nitrogens with two attached hydrogens (primary N) is 1. The van der Waals surface area contributed by atoms with Gasteiger partial charge in [0.25, 0.3) is 0 Å². The van der Waals surface area contributed by atoms with Crippen molar-refractivity contribution in [2.75, 3.05) is 11.5 Å². The molecule has 17 heavy (non-hydrogen) atoms. The molecule has 0 amide bonds. The SMILES string of the molecule is Cc1cc(C)c(C(N)CSCC(C)C)cc1C. The number of benzene rings is 1. The maximum absolute atomic E-state index is 6.28. The zero-order valence-corrected chi connectivity index (χ0v) is 12.5. The molecule has 0 heterocycles. The summed E-state index contributed by atoms with van der Waals surface area (Å²) in [6.45, 7) is 11.0. The molecule has 0 aliphatic carbocycles. The van der Waals surface area contributed by atoms with E-state index >= 15 is 0 Å². The summed E-state index contributed by atoms with van der Waals surface area (Å²) in [4.78, 5) is 0. The predicted octanol–water partition coefficient (Wildman–Crippen LogP) is 4.00. The van der Waals surface area contributed by atoms with Gasteiger partial charge in [0, 0.05) is 11.8 Å². The van der Waals surface area contributed by atoms with Gasteiger partial charge in [0.1, 0.15) is 0 Å². The highest BCUT2D eigenvalue weighted by atomic mass is 32.2. The highest BCUT2D eigenvalue weighted by Crippen LogP contribution is 2.23. The molecule has 2 N–H and O–H groups in total. The molecule has 0 radical (unpaired) electrons. The summed E-state index contributed by atoms with van der Waals surface area (Å²) in [5, 5.41) is 0. The lowest BCUT2D eigenvalue weighted by Crippen LogP contribution is -2.15. The zero-order chi connectivity index (χ0) is 13.0. The van der Waals surface area contributed by atoms with Gasteiger partial charge in [-0.15, -0.1) is 0 Å². The first-order chi connectivity index (χ1) is 7.91. The maximum Gasteiger partial charge on any atom is 0.0389 e. The predicted molar refractivity (Wildman–Crippen MR) is 79.7 cm³/mol. The van der Waals surface area contributed by atoms with E-state index in [0.717, 1.165) is 11.7 Å². The Morgan fingerprint density at radius 1 is 1.00 bits per heavy atom. The van der Waals surface area contributed by atoms with Gasteiger partial charge in [0.05, 0.1) is 0 Å². The first-order valence-corrected chi connectivity index (χ1v) is 7.48. The Kier molecular flexibility index (Phi) is 5.54. The molecule has 0 aliphatic rings. The van der Waals surface area contributed by atoms with Gasteiger partial charge in [-0.1, -0.05) is 26.0 Å². The molecule has 1 nitrogen and oxygen atoms in total. The van der Waals surface area contributed by atoms with E-state index in [0.29, 0.717) is 0 Å².